The van der Waals surface area contributed by atoms with Crippen molar-refractivity contribution in [1.82, 2.24) is 0 Å². The summed E-state index contributed by atoms with van der Waals surface area (Å²) in [5, 5.41) is 10.6. The summed E-state index contributed by atoms with van der Waals surface area (Å²) >= 11 is 0. The molecule has 0 rings (SSSR count). The van der Waals surface area contributed by atoms with Gasteiger partial charge < -0.3 is 33.8 Å². The van der Waals surface area contributed by atoms with Crippen LogP contribution in [0, 0.1) is 0 Å². The lowest BCUT2D eigenvalue weighted by atomic mass is 10.1. The third-order valence-electron chi connectivity index (χ3n) is 15.1. The summed E-state index contributed by atoms with van der Waals surface area (Å²) in [5.74, 6) is -2.32. The first-order chi connectivity index (χ1) is 45.7. The van der Waals surface area contributed by atoms with Crippen LogP contribution < -0.4 is 0 Å². The lowest BCUT2D eigenvalue weighted by Gasteiger charge is -2.21. The Balaban J connectivity index is 5.34. The number of carbonyl (C=O) groups is 4. The quantitative estimate of drug-likeness (QED) is 0.0169. The van der Waals surface area contributed by atoms with Crippen LogP contribution in [0.5, 0.6) is 0 Å². The number of aliphatic hydroxyl groups excluding tert-OH is 1. The molecule has 0 bridgehead atoms. The molecule has 542 valence electrons. The van der Waals surface area contributed by atoms with Crippen LogP contribution in [0.3, 0.4) is 0 Å². The van der Waals surface area contributed by atoms with Gasteiger partial charge in [0, 0.05) is 19.3 Å². The van der Waals surface area contributed by atoms with Crippen LogP contribution in [-0.2, 0) is 65.4 Å². The van der Waals surface area contributed by atoms with E-state index in [1.54, 1.807) is 6.08 Å². The maximum absolute atomic E-state index is 13.0. The van der Waals surface area contributed by atoms with E-state index < -0.39 is 97.5 Å². The molecule has 0 heterocycles. The largest absolute Gasteiger partial charge is 0.472 e. The Morgan fingerprint density at radius 1 is 0.319 bits per heavy atom. The number of phosphoric acid groups is 2. The Hall–Kier alpha value is -4.02. The number of allylic oxidation sites excluding steroid dienone is 15. The monoisotopic (exact) mass is 1360 g/mol. The summed E-state index contributed by atoms with van der Waals surface area (Å²) in [4.78, 5) is 72.5. The number of hydrogen-bond acceptors (Lipinski definition) is 15. The molecule has 5 unspecified atom stereocenters. The first-order valence-corrected chi connectivity index (χ1v) is 39.5. The molecule has 0 aliphatic carbocycles. The number of aliphatic hydroxyl groups is 1. The van der Waals surface area contributed by atoms with Crippen LogP contribution in [0.4, 0.5) is 0 Å². The van der Waals surface area contributed by atoms with Gasteiger partial charge in [-0.25, -0.2) is 9.13 Å². The molecule has 0 radical (unpaired) electrons. The summed E-state index contributed by atoms with van der Waals surface area (Å²) in [6.07, 6.45) is 68.8. The fourth-order valence-electron chi connectivity index (χ4n) is 9.60. The predicted molar refractivity (Wildman–Crippen MR) is 381 cm³/mol. The molecule has 0 saturated heterocycles. The molecule has 3 N–H and O–H groups in total. The van der Waals surface area contributed by atoms with Crippen molar-refractivity contribution >= 4 is 39.5 Å². The average molecular weight is 1370 g/mol. The van der Waals surface area contributed by atoms with Crippen LogP contribution in [0.25, 0.3) is 0 Å². The molecule has 17 nitrogen and oxygen atoms in total. The highest BCUT2D eigenvalue weighted by molar-refractivity contribution is 7.47. The number of phosphoric ester groups is 2. The standard InChI is InChI=1S/C75H130O17P2/c1-5-9-13-17-21-25-29-31-33-34-36-38-42-44-48-52-56-60-73(78)86-66-71(92-75(80)62-58-54-50-46-40-28-24-20-16-12-8-4)68-90-94(83,84)88-64-69(76)63-87-93(81,82)89-67-70(91-74(79)61-57-53-49-45-39-27-23-19-15-11-7-3)65-85-72(77)59-55-51-47-43-41-37-35-32-30-26-22-18-14-10-6-2/h9-10,13-14,21-22,25-26,31-33,35,41,43,51,55,69-71,76H,5-8,11-12,15-20,23-24,27-30,34,36-40,42,44-50,52-54,56-68H2,1-4H3,(H,81,82)(H,83,84)/b13-9-,14-10-,25-21-,26-22-,33-31-,35-32-,43-41-,55-51-. The SMILES string of the molecule is CC/C=C\C/C=C\C/C=C\C/C=C\C/C=C\CC(=O)OCC(COP(=O)(O)OCC(O)COP(=O)(O)OCC(COC(=O)CCCCCCCCC/C=C\C/C=C\C/C=C\CC)OC(=O)CCCCCCCCCCCCC)OC(=O)CCCCCCCCCCCCC. The highest BCUT2D eigenvalue weighted by Gasteiger charge is 2.30. The number of unbranched alkanes of at least 4 members (excludes halogenated alkanes) is 27. The predicted octanol–water partition coefficient (Wildman–Crippen LogP) is 20.4. The van der Waals surface area contributed by atoms with E-state index in [-0.39, 0.29) is 25.7 Å². The summed E-state index contributed by atoms with van der Waals surface area (Å²) in [7, 11) is -9.96. The highest BCUT2D eigenvalue weighted by atomic mass is 31.2. The van der Waals surface area contributed by atoms with Crippen molar-refractivity contribution in [2.75, 3.05) is 39.6 Å². The van der Waals surface area contributed by atoms with Crippen molar-refractivity contribution < 1.29 is 80.2 Å². The number of rotatable bonds is 68. The van der Waals surface area contributed by atoms with E-state index in [9.17, 15) is 43.2 Å². The Labute approximate surface area is 569 Å². The van der Waals surface area contributed by atoms with E-state index in [4.69, 9.17) is 37.0 Å². The molecular formula is C75H130O17P2. The third-order valence-corrected chi connectivity index (χ3v) is 17.0. The lowest BCUT2D eigenvalue weighted by Crippen LogP contribution is -2.30. The van der Waals surface area contributed by atoms with Crippen molar-refractivity contribution in [3.8, 4) is 0 Å². The highest BCUT2D eigenvalue weighted by Crippen LogP contribution is 2.45. The van der Waals surface area contributed by atoms with Gasteiger partial charge in [-0.3, -0.25) is 37.3 Å². The van der Waals surface area contributed by atoms with Crippen LogP contribution >= 0.6 is 15.6 Å². The first-order valence-electron chi connectivity index (χ1n) is 36.5. The molecule has 0 aliphatic rings. The lowest BCUT2D eigenvalue weighted by molar-refractivity contribution is -0.161. The second-order valence-corrected chi connectivity index (χ2v) is 27.1. The minimum atomic E-state index is -4.98. The van der Waals surface area contributed by atoms with Crippen LogP contribution in [-0.4, -0.2) is 96.7 Å². The van der Waals surface area contributed by atoms with Crippen molar-refractivity contribution in [2.45, 2.75) is 316 Å². The van der Waals surface area contributed by atoms with Gasteiger partial charge in [0.15, 0.2) is 12.2 Å². The maximum Gasteiger partial charge on any atom is 0.472 e. The van der Waals surface area contributed by atoms with Gasteiger partial charge in [0.1, 0.15) is 19.3 Å². The normalized spacial score (nSPS) is 14.6. The van der Waals surface area contributed by atoms with Gasteiger partial charge in [-0.2, -0.15) is 0 Å². The molecule has 0 saturated carbocycles. The van der Waals surface area contributed by atoms with Crippen molar-refractivity contribution in [1.29, 1.82) is 0 Å². The van der Waals surface area contributed by atoms with Gasteiger partial charge in [-0.15, -0.1) is 0 Å². The molecule has 5 atom stereocenters. The molecule has 0 aromatic rings. The van der Waals surface area contributed by atoms with E-state index in [1.165, 1.54) is 77.0 Å². The van der Waals surface area contributed by atoms with Gasteiger partial charge in [0.2, 0.25) is 0 Å². The summed E-state index contributed by atoms with van der Waals surface area (Å²) in [6, 6.07) is 0. The third kappa shape index (κ3) is 66.6. The van der Waals surface area contributed by atoms with E-state index in [2.05, 4.69) is 101 Å². The summed E-state index contributed by atoms with van der Waals surface area (Å²) < 4.78 is 68.2. The fraction of sp³-hybridized carbons (Fsp3) is 0.733. The van der Waals surface area contributed by atoms with E-state index >= 15 is 0 Å². The van der Waals surface area contributed by atoms with Gasteiger partial charge in [-0.1, -0.05) is 285 Å². The average Bonchev–Trinajstić information content (AvgIpc) is 1.24. The molecule has 0 spiro atoms. The van der Waals surface area contributed by atoms with Crippen LogP contribution in [0.15, 0.2) is 97.2 Å². The Morgan fingerprint density at radius 2 is 0.596 bits per heavy atom. The smallest absolute Gasteiger partial charge is 0.462 e. The minimum absolute atomic E-state index is 0.0684. The molecule has 19 heteroatoms. The van der Waals surface area contributed by atoms with Gasteiger partial charge in [0.25, 0.3) is 0 Å². The number of esters is 4. The molecule has 0 amide bonds. The molecule has 0 aromatic carbocycles. The van der Waals surface area contributed by atoms with Gasteiger partial charge >= 0.3 is 39.5 Å². The second kappa shape index (κ2) is 67.5. The van der Waals surface area contributed by atoms with Crippen LogP contribution in [0.1, 0.15) is 297 Å². The second-order valence-electron chi connectivity index (χ2n) is 24.2. The first kappa shape index (κ1) is 90.0. The number of carbonyl (C=O) groups excluding carboxylic acids is 4. The topological polar surface area (TPSA) is 237 Å². The summed E-state index contributed by atoms with van der Waals surface area (Å²) in [5.41, 5.74) is 0. The van der Waals surface area contributed by atoms with E-state index in [1.807, 2.05) is 18.2 Å². The summed E-state index contributed by atoms with van der Waals surface area (Å²) in [6.45, 7) is 4.51. The zero-order chi connectivity index (χ0) is 69.0. The molecular weight excluding hydrogens is 1230 g/mol. The van der Waals surface area contributed by atoms with Gasteiger partial charge in [0.05, 0.1) is 32.8 Å². The van der Waals surface area contributed by atoms with Crippen molar-refractivity contribution in [3.05, 3.63) is 97.2 Å². The molecule has 0 aromatic heterocycles. The van der Waals surface area contributed by atoms with Crippen molar-refractivity contribution in [2.24, 2.45) is 0 Å². The Bertz CT molecular complexity index is 2170. The fourth-order valence-corrected chi connectivity index (χ4v) is 11.2. The number of hydrogen-bond donors (Lipinski definition) is 3. The van der Waals surface area contributed by atoms with Crippen molar-refractivity contribution in [3.63, 3.8) is 0 Å². The Morgan fingerprint density at radius 3 is 0.947 bits per heavy atom. The number of ether oxygens (including phenoxy) is 4. The van der Waals surface area contributed by atoms with Crippen LogP contribution in [0.2, 0.25) is 0 Å². The molecule has 0 fully saturated rings. The van der Waals surface area contributed by atoms with E-state index in [0.29, 0.717) is 25.7 Å². The zero-order valence-corrected chi connectivity index (χ0v) is 60.7. The van der Waals surface area contributed by atoms with Gasteiger partial charge in [-0.05, 0) is 83.5 Å². The minimum Gasteiger partial charge on any atom is -0.462 e. The van der Waals surface area contributed by atoms with E-state index in [0.717, 1.165) is 141 Å². The molecule has 94 heavy (non-hydrogen) atoms. The zero-order valence-electron chi connectivity index (χ0n) is 58.9. The maximum atomic E-state index is 13.0. The Kier molecular flexibility index (Phi) is 64.7. The molecule has 0 aliphatic heterocycles.